The van der Waals surface area contributed by atoms with E-state index in [-0.39, 0.29) is 17.8 Å². The number of oxime groups is 1. The molecule has 1 aliphatic rings. The van der Waals surface area contributed by atoms with Crippen molar-refractivity contribution in [3.05, 3.63) is 64.3 Å². The molecule has 1 atom stereocenters. The van der Waals surface area contributed by atoms with Crippen LogP contribution in [-0.4, -0.2) is 29.4 Å². The molecule has 2 aromatic rings. The van der Waals surface area contributed by atoms with Gasteiger partial charge in [0.1, 0.15) is 6.10 Å². The van der Waals surface area contributed by atoms with Crippen LogP contribution in [0.25, 0.3) is 11.1 Å². The van der Waals surface area contributed by atoms with Gasteiger partial charge in [-0.25, -0.2) is 0 Å². The molecule has 25 heavy (non-hydrogen) atoms. The number of hydrogen-bond acceptors (Lipinski definition) is 5. The van der Waals surface area contributed by atoms with Crippen molar-refractivity contribution in [2.75, 3.05) is 6.54 Å². The molecule has 0 fully saturated rings. The molecule has 0 aliphatic carbocycles. The molecule has 3 rings (SSSR count). The summed E-state index contributed by atoms with van der Waals surface area (Å²) in [7, 11) is 0. The van der Waals surface area contributed by atoms with E-state index < -0.39 is 5.43 Å². The van der Waals surface area contributed by atoms with Crippen molar-refractivity contribution in [1.82, 2.24) is 5.32 Å². The second kappa shape index (κ2) is 7.17. The summed E-state index contributed by atoms with van der Waals surface area (Å²) in [4.78, 5) is 27.7. The average Bonchev–Trinajstić information content (AvgIpc) is 3.02. The van der Waals surface area contributed by atoms with Gasteiger partial charge in [-0.2, -0.15) is 0 Å². The molecular formula is C19H18N2O4. The zero-order valence-corrected chi connectivity index (χ0v) is 13.7. The minimum absolute atomic E-state index is 0.0929. The molecule has 0 aromatic heterocycles. The lowest BCUT2D eigenvalue weighted by molar-refractivity contribution is -0.119. The van der Waals surface area contributed by atoms with E-state index in [1.54, 1.807) is 12.1 Å². The fourth-order valence-electron chi connectivity index (χ4n) is 2.57. The maximum absolute atomic E-state index is 11.5. The number of benzene rings is 1. The molecular weight excluding hydrogens is 320 g/mol. The molecule has 1 heterocycles. The molecule has 0 saturated carbocycles. The number of amides is 1. The zero-order valence-electron chi connectivity index (χ0n) is 13.7. The Morgan fingerprint density at radius 2 is 1.72 bits per heavy atom. The number of aromatic hydroxyl groups is 1. The Hall–Kier alpha value is -3.15. The van der Waals surface area contributed by atoms with Gasteiger partial charge in [-0.05, 0) is 28.8 Å². The first-order valence-electron chi connectivity index (χ1n) is 7.94. The van der Waals surface area contributed by atoms with Gasteiger partial charge in [0.25, 0.3) is 0 Å². The van der Waals surface area contributed by atoms with Crippen molar-refractivity contribution in [3.63, 3.8) is 0 Å². The lowest BCUT2D eigenvalue weighted by Gasteiger charge is -2.07. The standard InChI is InChI=1S/C19H18N2O4/c1-12(22)20-11-16-10-17(21-25-16)15-4-2-13(3-5-15)14-6-8-18(23)19(24)9-7-14/h2-9,16H,10-11H2,1H3,(H,20,22)(H,23,24). The molecule has 1 unspecified atom stereocenters. The van der Waals surface area contributed by atoms with Gasteiger partial charge in [0, 0.05) is 13.3 Å². The second-order valence-electron chi connectivity index (χ2n) is 5.86. The van der Waals surface area contributed by atoms with Crippen LogP contribution in [0.3, 0.4) is 0 Å². The first-order chi connectivity index (χ1) is 12.0. The van der Waals surface area contributed by atoms with E-state index in [9.17, 15) is 14.7 Å². The van der Waals surface area contributed by atoms with E-state index in [0.29, 0.717) is 13.0 Å². The normalized spacial score (nSPS) is 16.0. The average molecular weight is 338 g/mol. The highest BCUT2D eigenvalue weighted by atomic mass is 16.6. The van der Waals surface area contributed by atoms with Gasteiger partial charge in [-0.1, -0.05) is 41.6 Å². The van der Waals surface area contributed by atoms with Gasteiger partial charge < -0.3 is 15.3 Å². The quantitative estimate of drug-likeness (QED) is 0.893. The predicted octanol–water partition coefficient (Wildman–Crippen LogP) is 2.05. The number of hydrogen-bond donors (Lipinski definition) is 2. The molecule has 6 nitrogen and oxygen atoms in total. The number of rotatable bonds is 4. The highest BCUT2D eigenvalue weighted by Crippen LogP contribution is 2.22. The van der Waals surface area contributed by atoms with Crippen LogP contribution in [0.1, 0.15) is 18.9 Å². The maximum atomic E-state index is 11.5. The Kier molecular flexibility index (Phi) is 4.79. The van der Waals surface area contributed by atoms with Crippen molar-refractivity contribution in [1.29, 1.82) is 0 Å². The van der Waals surface area contributed by atoms with Gasteiger partial charge >= 0.3 is 0 Å². The van der Waals surface area contributed by atoms with Gasteiger partial charge in [0.2, 0.25) is 11.3 Å². The fourth-order valence-corrected chi connectivity index (χ4v) is 2.57. The zero-order chi connectivity index (χ0) is 17.8. The fraction of sp³-hybridized carbons (Fsp3) is 0.211. The molecule has 2 N–H and O–H groups in total. The lowest BCUT2D eigenvalue weighted by atomic mass is 10.0. The Bertz CT molecular complexity index is 875. The van der Waals surface area contributed by atoms with Crippen LogP contribution in [0.2, 0.25) is 0 Å². The predicted molar refractivity (Wildman–Crippen MR) is 94.5 cm³/mol. The Morgan fingerprint density at radius 1 is 1.12 bits per heavy atom. The van der Waals surface area contributed by atoms with Crippen molar-refractivity contribution in [2.24, 2.45) is 5.16 Å². The van der Waals surface area contributed by atoms with E-state index in [2.05, 4.69) is 10.5 Å². The van der Waals surface area contributed by atoms with Crippen molar-refractivity contribution < 1.29 is 14.7 Å². The third-order valence-corrected chi connectivity index (χ3v) is 3.95. The van der Waals surface area contributed by atoms with Gasteiger partial charge in [-0.15, -0.1) is 0 Å². The summed E-state index contributed by atoms with van der Waals surface area (Å²) in [5, 5.41) is 16.3. The van der Waals surface area contributed by atoms with Crippen LogP contribution in [0, 0.1) is 0 Å². The lowest BCUT2D eigenvalue weighted by Crippen LogP contribution is -2.30. The summed E-state index contributed by atoms with van der Waals surface area (Å²) >= 11 is 0. The van der Waals surface area contributed by atoms with Crippen LogP contribution >= 0.6 is 0 Å². The van der Waals surface area contributed by atoms with Crippen LogP contribution in [0.5, 0.6) is 5.75 Å². The summed E-state index contributed by atoms with van der Waals surface area (Å²) in [6.07, 6.45) is 0.484. The first kappa shape index (κ1) is 16.7. The monoisotopic (exact) mass is 338 g/mol. The largest absolute Gasteiger partial charge is 0.504 e. The molecule has 6 heteroatoms. The van der Waals surface area contributed by atoms with Gasteiger partial charge in [0.15, 0.2) is 5.75 Å². The minimum atomic E-state index is -0.412. The smallest absolute Gasteiger partial charge is 0.220 e. The second-order valence-corrected chi connectivity index (χ2v) is 5.86. The highest BCUT2D eigenvalue weighted by Gasteiger charge is 2.22. The maximum Gasteiger partial charge on any atom is 0.220 e. The van der Waals surface area contributed by atoms with E-state index in [4.69, 9.17) is 4.84 Å². The topological polar surface area (TPSA) is 88.0 Å². The van der Waals surface area contributed by atoms with Gasteiger partial charge in [-0.3, -0.25) is 9.59 Å². The Labute approximate surface area is 144 Å². The van der Waals surface area contributed by atoms with Crippen molar-refractivity contribution in [3.8, 4) is 16.9 Å². The summed E-state index contributed by atoms with van der Waals surface area (Å²) in [6, 6.07) is 13.8. The molecule has 0 radical (unpaired) electrons. The molecule has 1 amide bonds. The molecule has 0 bridgehead atoms. The van der Waals surface area contributed by atoms with Crippen molar-refractivity contribution >= 4 is 11.6 Å². The molecule has 0 saturated heterocycles. The summed E-state index contributed by atoms with van der Waals surface area (Å²) in [5.41, 5.74) is 3.12. The van der Waals surface area contributed by atoms with Crippen LogP contribution < -0.4 is 10.7 Å². The molecule has 128 valence electrons. The first-order valence-corrected chi connectivity index (χ1v) is 7.94. The highest BCUT2D eigenvalue weighted by molar-refractivity contribution is 6.01. The van der Waals surface area contributed by atoms with Gasteiger partial charge in [0.05, 0.1) is 12.3 Å². The number of nitrogens with one attached hydrogen (secondary N) is 1. The molecule has 0 spiro atoms. The van der Waals surface area contributed by atoms with Crippen molar-refractivity contribution in [2.45, 2.75) is 19.4 Å². The number of carbonyl (C=O) groups is 1. The number of nitrogens with zero attached hydrogens (tertiary/aromatic N) is 1. The SMILES string of the molecule is CC(=O)NCC1CC(c2ccc(-c3ccc(O)c(=O)cc3)cc2)=NO1. The molecule has 1 aliphatic heterocycles. The Morgan fingerprint density at radius 3 is 2.40 bits per heavy atom. The third-order valence-electron chi connectivity index (χ3n) is 3.95. The third kappa shape index (κ3) is 4.03. The van der Waals surface area contributed by atoms with E-state index in [1.807, 2.05) is 24.3 Å². The van der Waals surface area contributed by atoms with Crippen LogP contribution in [0.15, 0.2) is 58.5 Å². The summed E-state index contributed by atoms with van der Waals surface area (Å²) in [6.45, 7) is 1.90. The number of carbonyl (C=O) groups excluding carboxylic acids is 1. The minimum Gasteiger partial charge on any atom is -0.504 e. The van der Waals surface area contributed by atoms with E-state index in [1.165, 1.54) is 19.1 Å². The van der Waals surface area contributed by atoms with Crippen LogP contribution in [-0.2, 0) is 9.63 Å². The molecule has 2 aromatic carbocycles. The van der Waals surface area contributed by atoms with E-state index >= 15 is 0 Å². The Balaban J connectivity index is 1.72. The summed E-state index contributed by atoms with van der Waals surface area (Å²) < 4.78 is 0. The van der Waals surface area contributed by atoms with E-state index in [0.717, 1.165) is 22.4 Å². The van der Waals surface area contributed by atoms with Crippen LogP contribution in [0.4, 0.5) is 0 Å². The summed E-state index contributed by atoms with van der Waals surface area (Å²) in [5.74, 6) is -0.366.